The van der Waals surface area contributed by atoms with Crippen LogP contribution in [0.3, 0.4) is 0 Å². The molecule has 0 aliphatic carbocycles. The van der Waals surface area contributed by atoms with Crippen molar-refractivity contribution in [1.82, 2.24) is 10.2 Å². The highest BCUT2D eigenvalue weighted by Crippen LogP contribution is 2.36. The first-order valence-corrected chi connectivity index (χ1v) is 10.2. The van der Waals surface area contributed by atoms with E-state index in [0.717, 1.165) is 0 Å². The molecule has 0 bridgehead atoms. The molecule has 0 atom stereocenters. The maximum absolute atomic E-state index is 13.0. The zero-order valence-electron chi connectivity index (χ0n) is 16.1. The predicted molar refractivity (Wildman–Crippen MR) is 105 cm³/mol. The van der Waals surface area contributed by atoms with Gasteiger partial charge >= 0.3 is 5.97 Å². The zero-order valence-corrected chi connectivity index (χ0v) is 17.7. The average molecular weight is 437 g/mol. The molecule has 1 fully saturated rings. The van der Waals surface area contributed by atoms with Gasteiger partial charge < -0.3 is 10.1 Å². The molecule has 0 spiro atoms. The molecule has 2 heterocycles. The number of imide groups is 1. The minimum absolute atomic E-state index is 0.188. The fraction of sp³-hybridized carbons (Fsp3) is 0.550. The molecule has 2 aliphatic rings. The summed E-state index contributed by atoms with van der Waals surface area (Å²) in [6.07, 6.45) is 1.37. The van der Waals surface area contributed by atoms with E-state index in [2.05, 4.69) is 48.9 Å². The molecular formula is C20H25BrN2O4. The van der Waals surface area contributed by atoms with Crippen LogP contribution in [-0.4, -0.2) is 51.7 Å². The number of benzene rings is 1. The number of hydrogen-bond acceptors (Lipinski definition) is 5. The van der Waals surface area contributed by atoms with Crippen LogP contribution in [0.15, 0.2) is 18.2 Å². The smallest absolute Gasteiger partial charge is 0.338 e. The van der Waals surface area contributed by atoms with Crippen LogP contribution in [0, 0.1) is 0 Å². The van der Waals surface area contributed by atoms with Crippen LogP contribution in [0.5, 0.6) is 0 Å². The highest BCUT2D eigenvalue weighted by molar-refractivity contribution is 9.09. The van der Waals surface area contributed by atoms with Crippen LogP contribution in [0.25, 0.3) is 0 Å². The third kappa shape index (κ3) is 3.94. The fourth-order valence-electron chi connectivity index (χ4n) is 4.38. The Balaban J connectivity index is 1.89. The van der Waals surface area contributed by atoms with Crippen molar-refractivity contribution in [3.05, 3.63) is 34.9 Å². The molecule has 7 heteroatoms. The second-order valence-corrected chi connectivity index (χ2v) is 9.31. The van der Waals surface area contributed by atoms with E-state index in [4.69, 9.17) is 4.74 Å². The SMILES string of the molecule is CC1(C)CC(N2C(=O)c3ccc(C(=O)OCCBr)cc3C2=O)CC(C)(C)N1. The lowest BCUT2D eigenvalue weighted by Gasteiger charge is -2.48. The van der Waals surface area contributed by atoms with Crippen molar-refractivity contribution in [2.75, 3.05) is 11.9 Å². The van der Waals surface area contributed by atoms with E-state index < -0.39 is 5.97 Å². The molecule has 2 amide bonds. The predicted octanol–water partition coefficient (Wildman–Crippen LogP) is 3.14. The average Bonchev–Trinajstić information content (AvgIpc) is 2.80. The van der Waals surface area contributed by atoms with Gasteiger partial charge in [0.25, 0.3) is 11.8 Å². The van der Waals surface area contributed by atoms with Crippen molar-refractivity contribution in [3.8, 4) is 0 Å². The Morgan fingerprint density at radius 2 is 1.74 bits per heavy atom. The van der Waals surface area contributed by atoms with E-state index >= 15 is 0 Å². The molecule has 0 radical (unpaired) electrons. The van der Waals surface area contributed by atoms with Crippen LogP contribution in [-0.2, 0) is 4.74 Å². The number of piperidine rings is 1. The van der Waals surface area contributed by atoms with Crippen LogP contribution < -0.4 is 5.32 Å². The summed E-state index contributed by atoms with van der Waals surface area (Å²) in [6, 6.07) is 4.38. The summed E-state index contributed by atoms with van der Waals surface area (Å²) in [5, 5.41) is 4.10. The summed E-state index contributed by atoms with van der Waals surface area (Å²) >= 11 is 3.20. The summed E-state index contributed by atoms with van der Waals surface area (Å²) in [7, 11) is 0. The van der Waals surface area contributed by atoms with E-state index in [-0.39, 0.29) is 46.7 Å². The van der Waals surface area contributed by atoms with Crippen molar-refractivity contribution in [3.63, 3.8) is 0 Å². The Labute approximate surface area is 167 Å². The maximum atomic E-state index is 13.0. The van der Waals surface area contributed by atoms with Crippen LogP contribution in [0.4, 0.5) is 0 Å². The van der Waals surface area contributed by atoms with Gasteiger partial charge in [0, 0.05) is 22.4 Å². The lowest BCUT2D eigenvalue weighted by atomic mass is 9.79. The molecule has 0 saturated carbocycles. The molecule has 1 aromatic rings. The zero-order chi connectivity index (χ0) is 20.0. The Hall–Kier alpha value is -1.73. The number of esters is 1. The number of alkyl halides is 1. The van der Waals surface area contributed by atoms with Gasteiger partial charge in [0.15, 0.2) is 0 Å². The first kappa shape index (κ1) is 20.0. The van der Waals surface area contributed by atoms with Gasteiger partial charge in [-0.15, -0.1) is 0 Å². The molecule has 1 saturated heterocycles. The standard InChI is InChI=1S/C20H25BrN2O4/c1-19(2)10-13(11-20(3,4)22-19)23-16(24)14-6-5-12(9-15(14)17(23)25)18(26)27-8-7-21/h5-6,9,13,22H,7-8,10-11H2,1-4H3. The molecule has 0 unspecified atom stereocenters. The van der Waals surface area contributed by atoms with Gasteiger partial charge in [-0.2, -0.15) is 0 Å². The molecular weight excluding hydrogens is 412 g/mol. The lowest BCUT2D eigenvalue weighted by Crippen LogP contribution is -2.62. The van der Waals surface area contributed by atoms with Crippen molar-refractivity contribution in [1.29, 1.82) is 0 Å². The van der Waals surface area contributed by atoms with Gasteiger partial charge in [0.1, 0.15) is 6.61 Å². The Morgan fingerprint density at radius 3 is 2.33 bits per heavy atom. The summed E-state index contributed by atoms with van der Waals surface area (Å²) in [5.74, 6) is -1.11. The second-order valence-electron chi connectivity index (χ2n) is 8.52. The Bertz CT molecular complexity index is 787. The summed E-state index contributed by atoms with van der Waals surface area (Å²) in [4.78, 5) is 39.4. The van der Waals surface area contributed by atoms with Crippen LogP contribution in [0.1, 0.15) is 71.6 Å². The molecule has 27 heavy (non-hydrogen) atoms. The number of carbonyl (C=O) groups is 3. The first-order valence-electron chi connectivity index (χ1n) is 9.09. The topological polar surface area (TPSA) is 75.7 Å². The summed E-state index contributed by atoms with van der Waals surface area (Å²) < 4.78 is 5.09. The van der Waals surface area contributed by atoms with Crippen molar-refractivity contribution in [2.45, 2.75) is 57.7 Å². The van der Waals surface area contributed by atoms with E-state index in [9.17, 15) is 14.4 Å². The summed E-state index contributed by atoms with van der Waals surface area (Å²) in [6.45, 7) is 8.57. The molecule has 0 aromatic heterocycles. The number of hydrogen-bond donors (Lipinski definition) is 1. The summed E-state index contributed by atoms with van der Waals surface area (Å²) in [5.41, 5.74) is 0.538. The normalized spacial score (nSPS) is 21.3. The van der Waals surface area contributed by atoms with Gasteiger partial charge in [-0.05, 0) is 58.7 Å². The molecule has 1 aromatic carbocycles. The third-order valence-electron chi connectivity index (χ3n) is 5.00. The highest BCUT2D eigenvalue weighted by atomic mass is 79.9. The fourth-order valence-corrected chi connectivity index (χ4v) is 4.55. The van der Waals surface area contributed by atoms with E-state index in [1.54, 1.807) is 12.1 Å². The van der Waals surface area contributed by atoms with E-state index in [1.165, 1.54) is 11.0 Å². The minimum atomic E-state index is -0.500. The lowest BCUT2D eigenvalue weighted by molar-refractivity contribution is 0.0412. The molecule has 6 nitrogen and oxygen atoms in total. The number of amides is 2. The van der Waals surface area contributed by atoms with Gasteiger partial charge in [-0.3, -0.25) is 14.5 Å². The van der Waals surface area contributed by atoms with E-state index in [1.807, 2.05) is 0 Å². The molecule has 2 aliphatic heterocycles. The number of fused-ring (bicyclic) bond motifs is 1. The minimum Gasteiger partial charge on any atom is -0.461 e. The molecule has 1 N–H and O–H groups in total. The number of nitrogens with zero attached hydrogens (tertiary/aromatic N) is 1. The number of carbonyl (C=O) groups excluding carboxylic acids is 3. The van der Waals surface area contributed by atoms with Gasteiger partial charge in [-0.1, -0.05) is 15.9 Å². The van der Waals surface area contributed by atoms with Gasteiger partial charge in [-0.25, -0.2) is 4.79 Å². The molecule has 146 valence electrons. The Morgan fingerprint density at radius 1 is 1.15 bits per heavy atom. The monoisotopic (exact) mass is 436 g/mol. The largest absolute Gasteiger partial charge is 0.461 e. The number of nitrogens with one attached hydrogen (secondary N) is 1. The third-order valence-corrected chi connectivity index (χ3v) is 5.32. The van der Waals surface area contributed by atoms with Crippen LogP contribution in [0.2, 0.25) is 0 Å². The second kappa shape index (κ2) is 7.02. The van der Waals surface area contributed by atoms with Gasteiger partial charge in [0.05, 0.1) is 16.7 Å². The highest BCUT2D eigenvalue weighted by Gasteiger charge is 2.47. The van der Waals surface area contributed by atoms with E-state index in [0.29, 0.717) is 23.7 Å². The van der Waals surface area contributed by atoms with Crippen LogP contribution >= 0.6 is 15.9 Å². The van der Waals surface area contributed by atoms with Crippen molar-refractivity contribution in [2.24, 2.45) is 0 Å². The molecule has 3 rings (SSSR count). The quantitative estimate of drug-likeness (QED) is 0.445. The Kier molecular flexibility index (Phi) is 5.20. The van der Waals surface area contributed by atoms with Crippen molar-refractivity contribution < 1.29 is 19.1 Å². The van der Waals surface area contributed by atoms with Crippen molar-refractivity contribution >= 4 is 33.7 Å². The maximum Gasteiger partial charge on any atom is 0.338 e. The first-order chi connectivity index (χ1) is 12.5. The number of halogens is 1. The number of rotatable bonds is 4. The van der Waals surface area contributed by atoms with Gasteiger partial charge in [0.2, 0.25) is 0 Å². The number of ether oxygens (including phenoxy) is 1.